The Morgan fingerprint density at radius 3 is 2.81 bits per heavy atom. The molecule has 0 radical (unpaired) electrons. The zero-order valence-corrected chi connectivity index (χ0v) is 14.5. The van der Waals surface area contributed by atoms with Gasteiger partial charge in [-0.3, -0.25) is 5.10 Å². The Kier molecular flexibility index (Phi) is 5.92. The van der Waals surface area contributed by atoms with Gasteiger partial charge in [0.2, 0.25) is 0 Å². The molecular formula is C19H21FN6. The fourth-order valence-corrected chi connectivity index (χ4v) is 2.49. The lowest BCUT2D eigenvalue weighted by molar-refractivity contribution is 0.604. The number of halogens is 1. The van der Waals surface area contributed by atoms with Crippen LogP contribution in [0.25, 0.3) is 11.4 Å². The third kappa shape index (κ3) is 4.66. The Hall–Kier alpha value is -3.22. The molecule has 7 heteroatoms. The van der Waals surface area contributed by atoms with Crippen LogP contribution in [0.3, 0.4) is 0 Å². The number of aromatic amines is 1. The highest BCUT2D eigenvalue weighted by atomic mass is 19.1. The van der Waals surface area contributed by atoms with E-state index in [0.29, 0.717) is 24.6 Å². The maximum Gasteiger partial charge on any atom is 0.191 e. The molecule has 26 heavy (non-hydrogen) atoms. The van der Waals surface area contributed by atoms with Gasteiger partial charge in [-0.05, 0) is 24.6 Å². The highest BCUT2D eigenvalue weighted by Crippen LogP contribution is 2.16. The summed E-state index contributed by atoms with van der Waals surface area (Å²) in [6, 6.07) is 14.7. The number of nitrogens with one attached hydrogen (secondary N) is 3. The second-order valence-electron chi connectivity index (χ2n) is 5.67. The summed E-state index contributed by atoms with van der Waals surface area (Å²) >= 11 is 0. The van der Waals surface area contributed by atoms with E-state index in [9.17, 15) is 4.39 Å². The maximum absolute atomic E-state index is 13.7. The van der Waals surface area contributed by atoms with E-state index in [1.54, 1.807) is 12.1 Å². The minimum absolute atomic E-state index is 0.226. The minimum Gasteiger partial charge on any atom is -0.357 e. The van der Waals surface area contributed by atoms with Crippen molar-refractivity contribution in [2.45, 2.75) is 20.0 Å². The lowest BCUT2D eigenvalue weighted by Gasteiger charge is -2.12. The molecule has 0 aliphatic carbocycles. The summed E-state index contributed by atoms with van der Waals surface area (Å²) in [5.74, 6) is 1.14. The van der Waals surface area contributed by atoms with Gasteiger partial charge in [-0.1, -0.05) is 36.4 Å². The number of benzene rings is 2. The van der Waals surface area contributed by atoms with E-state index in [0.717, 1.165) is 23.5 Å². The van der Waals surface area contributed by atoms with Crippen LogP contribution in [0.15, 0.2) is 59.9 Å². The van der Waals surface area contributed by atoms with Crippen LogP contribution in [0.1, 0.15) is 18.1 Å². The van der Waals surface area contributed by atoms with Crippen molar-refractivity contribution in [2.75, 3.05) is 6.54 Å². The molecule has 3 N–H and O–H groups in total. The fraction of sp³-hybridized carbons (Fsp3) is 0.211. The number of rotatable bonds is 6. The average Bonchev–Trinajstić information content (AvgIpc) is 3.20. The van der Waals surface area contributed by atoms with Gasteiger partial charge < -0.3 is 10.6 Å². The van der Waals surface area contributed by atoms with Crippen LogP contribution < -0.4 is 10.6 Å². The summed E-state index contributed by atoms with van der Waals surface area (Å²) in [5, 5.41) is 13.1. The highest BCUT2D eigenvalue weighted by Gasteiger charge is 2.04. The minimum atomic E-state index is -0.226. The summed E-state index contributed by atoms with van der Waals surface area (Å²) in [6.45, 7) is 3.58. The predicted molar refractivity (Wildman–Crippen MR) is 99.9 cm³/mol. The fourth-order valence-electron chi connectivity index (χ4n) is 2.49. The molecule has 134 valence electrons. The summed E-state index contributed by atoms with van der Waals surface area (Å²) in [4.78, 5) is 8.74. The Balaban J connectivity index is 1.67. The van der Waals surface area contributed by atoms with Gasteiger partial charge in [0.15, 0.2) is 11.8 Å². The number of hydrogen-bond acceptors (Lipinski definition) is 3. The maximum atomic E-state index is 13.7. The zero-order valence-electron chi connectivity index (χ0n) is 14.5. The van der Waals surface area contributed by atoms with Crippen molar-refractivity contribution >= 4 is 5.96 Å². The second kappa shape index (κ2) is 8.75. The second-order valence-corrected chi connectivity index (χ2v) is 5.67. The molecule has 3 aromatic rings. The van der Waals surface area contributed by atoms with Gasteiger partial charge in [0, 0.05) is 24.2 Å². The first kappa shape index (κ1) is 17.6. The normalized spacial score (nSPS) is 11.4. The van der Waals surface area contributed by atoms with Gasteiger partial charge in [0.1, 0.15) is 12.1 Å². The van der Waals surface area contributed by atoms with Crippen molar-refractivity contribution in [3.8, 4) is 11.4 Å². The Labute approximate surface area is 151 Å². The first-order chi connectivity index (χ1) is 12.8. The van der Waals surface area contributed by atoms with Gasteiger partial charge in [0.05, 0.1) is 6.54 Å². The molecule has 1 heterocycles. The van der Waals surface area contributed by atoms with Gasteiger partial charge in [-0.2, -0.15) is 5.10 Å². The van der Waals surface area contributed by atoms with Crippen molar-refractivity contribution in [1.29, 1.82) is 0 Å². The molecule has 0 atom stereocenters. The third-order valence-electron chi connectivity index (χ3n) is 3.78. The summed E-state index contributed by atoms with van der Waals surface area (Å²) in [7, 11) is 0. The number of guanidine groups is 1. The van der Waals surface area contributed by atoms with Crippen LogP contribution in [0.4, 0.5) is 4.39 Å². The van der Waals surface area contributed by atoms with Crippen LogP contribution >= 0.6 is 0 Å². The number of aliphatic imine (C=N–C) groups is 1. The molecule has 0 unspecified atom stereocenters. The van der Waals surface area contributed by atoms with Gasteiger partial charge in [-0.25, -0.2) is 14.4 Å². The van der Waals surface area contributed by atoms with E-state index in [4.69, 9.17) is 0 Å². The van der Waals surface area contributed by atoms with Crippen molar-refractivity contribution in [2.24, 2.45) is 4.99 Å². The molecule has 2 aromatic carbocycles. The van der Waals surface area contributed by atoms with Gasteiger partial charge in [-0.15, -0.1) is 0 Å². The van der Waals surface area contributed by atoms with Crippen LogP contribution in [-0.2, 0) is 13.1 Å². The van der Waals surface area contributed by atoms with E-state index >= 15 is 0 Å². The number of hydrogen-bond donors (Lipinski definition) is 3. The average molecular weight is 352 g/mol. The lowest BCUT2D eigenvalue weighted by Crippen LogP contribution is -2.37. The topological polar surface area (TPSA) is 78.0 Å². The number of H-pyrrole nitrogens is 1. The molecule has 0 spiro atoms. The number of nitrogens with zero attached hydrogens (tertiary/aromatic N) is 3. The largest absolute Gasteiger partial charge is 0.357 e. The summed E-state index contributed by atoms with van der Waals surface area (Å²) in [5.41, 5.74) is 2.60. The zero-order chi connectivity index (χ0) is 18.2. The SMILES string of the molecule is CCNC(=NCc1cccc(-c2ncn[nH]2)c1)NCc1ccccc1F. The molecule has 6 nitrogen and oxygen atoms in total. The molecule has 0 fully saturated rings. The van der Waals surface area contributed by atoms with E-state index < -0.39 is 0 Å². The van der Waals surface area contributed by atoms with Crippen LogP contribution in [0, 0.1) is 5.82 Å². The van der Waals surface area contributed by atoms with E-state index in [-0.39, 0.29) is 5.82 Å². The van der Waals surface area contributed by atoms with E-state index in [1.165, 1.54) is 12.4 Å². The Morgan fingerprint density at radius 1 is 1.15 bits per heavy atom. The molecule has 0 bridgehead atoms. The standard InChI is InChI=1S/C19H21FN6/c1-2-21-19(23-12-16-7-3-4-9-17(16)20)22-11-14-6-5-8-15(10-14)18-24-13-25-26-18/h3-10,13H,2,11-12H2,1H3,(H2,21,22,23)(H,24,25,26). The van der Waals surface area contributed by atoms with Crippen molar-refractivity contribution in [3.63, 3.8) is 0 Å². The van der Waals surface area contributed by atoms with Crippen LogP contribution in [0.2, 0.25) is 0 Å². The van der Waals surface area contributed by atoms with E-state index in [2.05, 4.69) is 30.8 Å². The summed E-state index contributed by atoms with van der Waals surface area (Å²) < 4.78 is 13.7. The van der Waals surface area contributed by atoms with Crippen molar-refractivity contribution in [1.82, 2.24) is 25.8 Å². The molecule has 0 amide bonds. The molecule has 1 aromatic heterocycles. The molecule has 0 saturated heterocycles. The first-order valence-corrected chi connectivity index (χ1v) is 8.46. The van der Waals surface area contributed by atoms with Crippen LogP contribution in [-0.4, -0.2) is 27.7 Å². The lowest BCUT2D eigenvalue weighted by atomic mass is 10.1. The molecule has 3 rings (SSSR count). The highest BCUT2D eigenvalue weighted by molar-refractivity contribution is 5.79. The molecule has 0 saturated carbocycles. The number of aromatic nitrogens is 3. The van der Waals surface area contributed by atoms with E-state index in [1.807, 2.05) is 37.3 Å². The Morgan fingerprint density at radius 2 is 2.04 bits per heavy atom. The molecular weight excluding hydrogens is 331 g/mol. The van der Waals surface area contributed by atoms with Gasteiger partial charge in [0.25, 0.3) is 0 Å². The van der Waals surface area contributed by atoms with Crippen molar-refractivity contribution in [3.05, 3.63) is 71.8 Å². The van der Waals surface area contributed by atoms with Gasteiger partial charge >= 0.3 is 0 Å². The monoisotopic (exact) mass is 352 g/mol. The molecule has 0 aliphatic rings. The smallest absolute Gasteiger partial charge is 0.191 e. The molecule has 0 aliphatic heterocycles. The first-order valence-electron chi connectivity index (χ1n) is 8.46. The van der Waals surface area contributed by atoms with Crippen LogP contribution in [0.5, 0.6) is 0 Å². The summed E-state index contributed by atoms with van der Waals surface area (Å²) in [6.07, 6.45) is 1.48. The predicted octanol–water partition coefficient (Wildman–Crippen LogP) is 2.87. The third-order valence-corrected chi connectivity index (χ3v) is 3.78. The van der Waals surface area contributed by atoms with Crippen molar-refractivity contribution < 1.29 is 4.39 Å². The Bertz CT molecular complexity index is 860. The quantitative estimate of drug-likeness (QED) is 0.471.